The lowest BCUT2D eigenvalue weighted by atomic mass is 10.0. The molecule has 2 aliphatic carbocycles. The molecule has 0 atom stereocenters. The van der Waals surface area contributed by atoms with Gasteiger partial charge in [0.05, 0.1) is 6.61 Å². The zero-order valence-electron chi connectivity index (χ0n) is 16.1. The zero-order chi connectivity index (χ0) is 17.7. The van der Waals surface area contributed by atoms with E-state index in [2.05, 4.69) is 40.7 Å². The van der Waals surface area contributed by atoms with Crippen LogP contribution >= 0.6 is 24.0 Å². The van der Waals surface area contributed by atoms with Gasteiger partial charge in [-0.2, -0.15) is 0 Å². The van der Waals surface area contributed by atoms with Gasteiger partial charge in [-0.25, -0.2) is 0 Å². The van der Waals surface area contributed by atoms with Gasteiger partial charge in [-0.15, -0.1) is 24.0 Å². The molecule has 146 valence electrons. The van der Waals surface area contributed by atoms with E-state index >= 15 is 0 Å². The van der Waals surface area contributed by atoms with Crippen LogP contribution in [0.1, 0.15) is 36.8 Å². The Kier molecular flexibility index (Phi) is 8.01. The van der Waals surface area contributed by atoms with Gasteiger partial charge < -0.3 is 20.1 Å². The van der Waals surface area contributed by atoms with Crippen molar-refractivity contribution in [2.75, 3.05) is 33.9 Å². The summed E-state index contributed by atoms with van der Waals surface area (Å²) in [6.07, 6.45) is 5.58. The number of rotatable bonds is 9. The number of nitrogens with one attached hydrogen (secondary N) is 2. The van der Waals surface area contributed by atoms with Crippen molar-refractivity contribution in [3.8, 4) is 5.75 Å². The molecule has 2 saturated carbocycles. The van der Waals surface area contributed by atoms with E-state index in [0.29, 0.717) is 25.2 Å². The molecule has 26 heavy (non-hydrogen) atoms. The van der Waals surface area contributed by atoms with E-state index < -0.39 is 0 Å². The number of halogens is 1. The molecule has 5 nitrogen and oxygen atoms in total. The molecule has 0 aliphatic heterocycles. The van der Waals surface area contributed by atoms with Crippen LogP contribution in [-0.2, 0) is 11.3 Å². The van der Waals surface area contributed by atoms with Crippen molar-refractivity contribution in [2.45, 2.75) is 39.2 Å². The van der Waals surface area contributed by atoms with Crippen molar-refractivity contribution in [3.63, 3.8) is 0 Å². The van der Waals surface area contributed by atoms with E-state index in [4.69, 9.17) is 9.47 Å². The maximum absolute atomic E-state index is 5.86. The molecule has 3 rings (SSSR count). The molecule has 0 bridgehead atoms. The third kappa shape index (κ3) is 5.74. The molecule has 2 aliphatic rings. The number of nitrogens with zero attached hydrogens (tertiary/aromatic N) is 1. The lowest BCUT2D eigenvalue weighted by Gasteiger charge is -2.19. The molecule has 0 unspecified atom stereocenters. The second-order valence-electron chi connectivity index (χ2n) is 7.37. The lowest BCUT2D eigenvalue weighted by molar-refractivity contribution is 0.145. The first-order valence-corrected chi connectivity index (χ1v) is 9.33. The first-order valence-electron chi connectivity index (χ1n) is 9.33. The van der Waals surface area contributed by atoms with E-state index in [9.17, 15) is 0 Å². The van der Waals surface area contributed by atoms with Crippen LogP contribution in [0.3, 0.4) is 0 Å². The van der Waals surface area contributed by atoms with Gasteiger partial charge in [0.1, 0.15) is 12.4 Å². The minimum absolute atomic E-state index is 0. The van der Waals surface area contributed by atoms with E-state index in [0.717, 1.165) is 29.7 Å². The molecule has 0 saturated heterocycles. The Bertz CT molecular complexity index is 613. The molecule has 0 amide bonds. The average molecular weight is 473 g/mol. The van der Waals surface area contributed by atoms with Crippen molar-refractivity contribution in [3.05, 3.63) is 29.3 Å². The number of ether oxygens (including phenoxy) is 2. The Morgan fingerprint density at radius 1 is 1.23 bits per heavy atom. The number of hydrogen-bond donors (Lipinski definition) is 2. The van der Waals surface area contributed by atoms with Crippen LogP contribution in [0.25, 0.3) is 0 Å². The number of hydrogen-bond acceptors (Lipinski definition) is 3. The summed E-state index contributed by atoms with van der Waals surface area (Å²) in [5.41, 5.74) is 2.89. The smallest absolute Gasteiger partial charge is 0.191 e. The van der Waals surface area contributed by atoms with Crippen molar-refractivity contribution in [2.24, 2.45) is 16.3 Å². The van der Waals surface area contributed by atoms with Gasteiger partial charge in [0, 0.05) is 32.8 Å². The quantitative estimate of drug-likeness (QED) is 0.250. The Morgan fingerprint density at radius 3 is 2.62 bits per heavy atom. The minimum Gasteiger partial charge on any atom is -0.491 e. The first-order chi connectivity index (χ1) is 12.2. The molecule has 6 heteroatoms. The molecule has 2 fully saturated rings. The largest absolute Gasteiger partial charge is 0.491 e. The summed E-state index contributed by atoms with van der Waals surface area (Å²) in [6.45, 7) is 4.96. The average Bonchev–Trinajstić information content (AvgIpc) is 3.49. The highest BCUT2D eigenvalue weighted by molar-refractivity contribution is 14.0. The van der Waals surface area contributed by atoms with Gasteiger partial charge in [-0.05, 0) is 55.6 Å². The Balaban J connectivity index is 0.00000243. The Hall–Kier alpha value is -1.02. The number of benzene rings is 1. The van der Waals surface area contributed by atoms with Crippen LogP contribution in [0, 0.1) is 18.3 Å². The van der Waals surface area contributed by atoms with Gasteiger partial charge >= 0.3 is 0 Å². The maximum atomic E-state index is 5.86. The van der Waals surface area contributed by atoms with Crippen molar-refractivity contribution < 1.29 is 9.47 Å². The molecule has 2 N–H and O–H groups in total. The van der Waals surface area contributed by atoms with Crippen molar-refractivity contribution in [1.29, 1.82) is 0 Å². The van der Waals surface area contributed by atoms with Gasteiger partial charge in [0.2, 0.25) is 0 Å². The van der Waals surface area contributed by atoms with E-state index in [1.54, 1.807) is 7.11 Å². The lowest BCUT2D eigenvalue weighted by Crippen LogP contribution is -2.40. The van der Waals surface area contributed by atoms with Crippen LogP contribution in [0.15, 0.2) is 23.2 Å². The molecule has 0 aromatic heterocycles. The topological polar surface area (TPSA) is 54.9 Å². The van der Waals surface area contributed by atoms with Crippen LogP contribution in [0.2, 0.25) is 0 Å². The second-order valence-corrected chi connectivity index (χ2v) is 7.37. The standard InChI is InChI=1S/C20H31N3O2.HI/c1-15-4-5-16(18(12-15)25-11-10-24-3)13-22-19(21-2)23-14-20(8-9-20)17-6-7-17;/h4-5,12,17H,6-11,13-14H2,1-3H3,(H2,21,22,23);1H. The molecule has 1 aromatic carbocycles. The third-order valence-electron chi connectivity index (χ3n) is 5.38. The van der Waals surface area contributed by atoms with Gasteiger partial charge in [0.25, 0.3) is 0 Å². The number of aryl methyl sites for hydroxylation is 1. The summed E-state index contributed by atoms with van der Waals surface area (Å²) in [5, 5.41) is 6.95. The highest BCUT2D eigenvalue weighted by Crippen LogP contribution is 2.60. The van der Waals surface area contributed by atoms with Crippen LogP contribution in [0.5, 0.6) is 5.75 Å². The summed E-state index contributed by atoms with van der Waals surface area (Å²) in [4.78, 5) is 4.37. The number of methoxy groups -OCH3 is 1. The third-order valence-corrected chi connectivity index (χ3v) is 5.38. The molecule has 0 spiro atoms. The van der Waals surface area contributed by atoms with Crippen LogP contribution < -0.4 is 15.4 Å². The maximum Gasteiger partial charge on any atom is 0.191 e. The predicted octanol–water partition coefficient (Wildman–Crippen LogP) is 3.49. The highest BCUT2D eigenvalue weighted by Gasteiger charge is 2.53. The van der Waals surface area contributed by atoms with E-state index in [1.165, 1.54) is 31.2 Å². The number of guanidine groups is 1. The summed E-state index contributed by atoms with van der Waals surface area (Å²) < 4.78 is 10.9. The minimum atomic E-state index is 0. The summed E-state index contributed by atoms with van der Waals surface area (Å²) in [7, 11) is 3.52. The fraction of sp³-hybridized carbons (Fsp3) is 0.650. The normalized spacial score (nSPS) is 18.0. The summed E-state index contributed by atoms with van der Waals surface area (Å²) >= 11 is 0. The SMILES string of the molecule is CN=C(NCc1ccc(C)cc1OCCOC)NCC1(C2CC2)CC1.I. The Morgan fingerprint density at radius 2 is 2.00 bits per heavy atom. The summed E-state index contributed by atoms with van der Waals surface area (Å²) in [6, 6.07) is 6.31. The van der Waals surface area contributed by atoms with E-state index in [-0.39, 0.29) is 24.0 Å². The van der Waals surface area contributed by atoms with Crippen molar-refractivity contribution >= 4 is 29.9 Å². The number of aliphatic imine (C=N–C) groups is 1. The molecular weight excluding hydrogens is 441 g/mol. The Labute approximate surface area is 174 Å². The predicted molar refractivity (Wildman–Crippen MR) is 117 cm³/mol. The van der Waals surface area contributed by atoms with Crippen molar-refractivity contribution in [1.82, 2.24) is 10.6 Å². The fourth-order valence-electron chi connectivity index (χ4n) is 3.42. The summed E-state index contributed by atoms with van der Waals surface area (Å²) in [5.74, 6) is 2.74. The van der Waals surface area contributed by atoms with Gasteiger partial charge in [-0.3, -0.25) is 4.99 Å². The van der Waals surface area contributed by atoms with Gasteiger partial charge in [0.15, 0.2) is 5.96 Å². The molecule has 0 radical (unpaired) electrons. The van der Waals surface area contributed by atoms with E-state index in [1.807, 2.05) is 7.05 Å². The zero-order valence-corrected chi connectivity index (χ0v) is 18.5. The fourth-order valence-corrected chi connectivity index (χ4v) is 3.42. The molecule has 1 aromatic rings. The second kappa shape index (κ2) is 9.78. The van der Waals surface area contributed by atoms with Crippen LogP contribution in [-0.4, -0.2) is 39.9 Å². The first kappa shape index (κ1) is 21.3. The highest BCUT2D eigenvalue weighted by atomic mass is 127. The molecule has 0 heterocycles. The van der Waals surface area contributed by atoms with Gasteiger partial charge in [-0.1, -0.05) is 12.1 Å². The monoisotopic (exact) mass is 473 g/mol. The molecular formula is C20H32IN3O2. The van der Waals surface area contributed by atoms with Crippen LogP contribution in [0.4, 0.5) is 0 Å².